The van der Waals surface area contributed by atoms with E-state index in [1.54, 1.807) is 6.08 Å². The van der Waals surface area contributed by atoms with Gasteiger partial charge in [0.1, 0.15) is 10.2 Å². The number of halogens is 2. The van der Waals surface area contributed by atoms with Gasteiger partial charge in [-0.3, -0.25) is 0 Å². The smallest absolute Gasteiger partial charge is 0.119 e. The van der Waals surface area contributed by atoms with Gasteiger partial charge in [-0.2, -0.15) is 0 Å². The third-order valence-corrected chi connectivity index (χ3v) is 2.11. The molecule has 2 nitrogen and oxygen atoms in total. The van der Waals surface area contributed by atoms with Crippen LogP contribution in [0.15, 0.2) is 40.9 Å². The van der Waals surface area contributed by atoms with Crippen molar-refractivity contribution in [1.29, 1.82) is 0 Å². The van der Waals surface area contributed by atoms with Crippen molar-refractivity contribution >= 4 is 23.2 Å². The van der Waals surface area contributed by atoms with E-state index in [-0.39, 0.29) is 4.49 Å². The highest BCUT2D eigenvalue weighted by Crippen LogP contribution is 2.08. The van der Waals surface area contributed by atoms with Gasteiger partial charge in [0.2, 0.25) is 0 Å². The summed E-state index contributed by atoms with van der Waals surface area (Å²) in [7, 11) is 0. The first-order chi connectivity index (χ1) is 7.79. The molecule has 0 aromatic heterocycles. The highest BCUT2D eigenvalue weighted by molar-refractivity contribution is 6.55. The van der Waals surface area contributed by atoms with Crippen LogP contribution in [-0.2, 0) is 4.74 Å². The normalized spacial score (nSPS) is 9.88. The van der Waals surface area contributed by atoms with Gasteiger partial charge in [0.05, 0.1) is 19.8 Å². The molecular formula is C12H14Cl2O2. The largest absolute Gasteiger partial charge is 0.494 e. The summed E-state index contributed by atoms with van der Waals surface area (Å²) in [4.78, 5) is 0. The van der Waals surface area contributed by atoms with Crippen LogP contribution < -0.4 is 4.74 Å². The molecule has 0 atom stereocenters. The molecule has 0 saturated carbocycles. The van der Waals surface area contributed by atoms with E-state index in [9.17, 15) is 0 Å². The summed E-state index contributed by atoms with van der Waals surface area (Å²) >= 11 is 10.8. The number of hydrogen-bond donors (Lipinski definition) is 0. The average molecular weight is 261 g/mol. The van der Waals surface area contributed by atoms with Gasteiger partial charge in [-0.05, 0) is 18.2 Å². The lowest BCUT2D eigenvalue weighted by molar-refractivity contribution is 0.143. The first kappa shape index (κ1) is 13.4. The molecule has 0 aliphatic rings. The van der Waals surface area contributed by atoms with Crippen LogP contribution in [0.4, 0.5) is 0 Å². The molecule has 0 aliphatic carbocycles. The lowest BCUT2D eigenvalue weighted by atomic mass is 10.3. The van der Waals surface area contributed by atoms with Gasteiger partial charge in [0, 0.05) is 6.42 Å². The van der Waals surface area contributed by atoms with Crippen molar-refractivity contribution in [2.24, 2.45) is 0 Å². The molecule has 0 spiro atoms. The molecule has 1 aromatic rings. The first-order valence-electron chi connectivity index (χ1n) is 5.06. The van der Waals surface area contributed by atoms with Gasteiger partial charge in [-0.1, -0.05) is 41.4 Å². The van der Waals surface area contributed by atoms with Gasteiger partial charge >= 0.3 is 0 Å². The standard InChI is InChI=1S/C12H14Cl2O2/c13-12(14)7-10-15-8-4-9-16-11-5-2-1-3-6-11/h1-3,5-7H,4,8-10H2. The van der Waals surface area contributed by atoms with Crippen LogP contribution in [0.3, 0.4) is 0 Å². The molecule has 0 heterocycles. The Balaban J connectivity index is 1.98. The lowest BCUT2D eigenvalue weighted by Crippen LogP contribution is -2.03. The minimum absolute atomic E-state index is 0.237. The van der Waals surface area contributed by atoms with Crippen molar-refractivity contribution in [2.45, 2.75) is 6.42 Å². The number of benzene rings is 1. The van der Waals surface area contributed by atoms with Gasteiger partial charge in [-0.15, -0.1) is 0 Å². The maximum absolute atomic E-state index is 5.49. The maximum atomic E-state index is 5.49. The molecule has 0 bridgehead atoms. The van der Waals surface area contributed by atoms with E-state index < -0.39 is 0 Å². The Morgan fingerprint density at radius 1 is 1.12 bits per heavy atom. The molecule has 0 radical (unpaired) electrons. The highest BCUT2D eigenvalue weighted by Gasteiger charge is 1.92. The molecule has 1 aromatic carbocycles. The lowest BCUT2D eigenvalue weighted by Gasteiger charge is -2.05. The maximum Gasteiger partial charge on any atom is 0.119 e. The fourth-order valence-corrected chi connectivity index (χ4v) is 1.20. The molecule has 0 amide bonds. The van der Waals surface area contributed by atoms with Crippen LogP contribution in [0, 0.1) is 0 Å². The third kappa shape index (κ3) is 6.72. The molecule has 4 heteroatoms. The van der Waals surface area contributed by atoms with E-state index in [1.807, 2.05) is 30.3 Å². The zero-order valence-electron chi connectivity index (χ0n) is 8.86. The fraction of sp³-hybridized carbons (Fsp3) is 0.333. The SMILES string of the molecule is ClC(Cl)=CCOCCCOc1ccccc1. The minimum Gasteiger partial charge on any atom is -0.494 e. The Labute approximate surface area is 106 Å². The van der Waals surface area contributed by atoms with Gasteiger partial charge in [0.15, 0.2) is 0 Å². The topological polar surface area (TPSA) is 18.5 Å². The van der Waals surface area contributed by atoms with Gasteiger partial charge < -0.3 is 9.47 Å². The van der Waals surface area contributed by atoms with Crippen molar-refractivity contribution < 1.29 is 9.47 Å². The van der Waals surface area contributed by atoms with Gasteiger partial charge in [0.25, 0.3) is 0 Å². The van der Waals surface area contributed by atoms with Crippen molar-refractivity contribution in [3.8, 4) is 5.75 Å². The molecule has 1 rings (SSSR count). The molecule has 16 heavy (non-hydrogen) atoms. The minimum atomic E-state index is 0.237. The van der Waals surface area contributed by atoms with Crippen LogP contribution in [0.5, 0.6) is 5.75 Å². The predicted octanol–water partition coefficient (Wildman–Crippen LogP) is 3.79. The van der Waals surface area contributed by atoms with E-state index in [0.717, 1.165) is 12.2 Å². The number of hydrogen-bond acceptors (Lipinski definition) is 2. The van der Waals surface area contributed by atoms with E-state index in [4.69, 9.17) is 32.7 Å². The number of para-hydroxylation sites is 1. The summed E-state index contributed by atoms with van der Waals surface area (Å²) in [6, 6.07) is 9.70. The molecule has 0 aliphatic heterocycles. The second-order valence-electron chi connectivity index (χ2n) is 3.08. The van der Waals surface area contributed by atoms with Crippen molar-refractivity contribution in [1.82, 2.24) is 0 Å². The Hall–Kier alpha value is -0.700. The molecule has 0 saturated heterocycles. The second-order valence-corrected chi connectivity index (χ2v) is 4.09. The van der Waals surface area contributed by atoms with Crippen LogP contribution in [-0.4, -0.2) is 19.8 Å². The Kier molecular flexibility index (Phi) is 7.06. The molecule has 0 N–H and O–H groups in total. The zero-order chi connectivity index (χ0) is 11.6. The fourth-order valence-electron chi connectivity index (χ4n) is 1.07. The summed E-state index contributed by atoms with van der Waals surface area (Å²) in [6.45, 7) is 1.71. The Morgan fingerprint density at radius 2 is 1.88 bits per heavy atom. The second kappa shape index (κ2) is 8.45. The number of rotatable bonds is 7. The van der Waals surface area contributed by atoms with E-state index in [2.05, 4.69) is 0 Å². The monoisotopic (exact) mass is 260 g/mol. The van der Waals surface area contributed by atoms with Crippen LogP contribution >= 0.6 is 23.2 Å². The summed E-state index contributed by atoms with van der Waals surface area (Å²) < 4.78 is 11.0. The zero-order valence-corrected chi connectivity index (χ0v) is 10.4. The van der Waals surface area contributed by atoms with Crippen LogP contribution in [0.25, 0.3) is 0 Å². The Bertz CT molecular complexity index is 308. The first-order valence-corrected chi connectivity index (χ1v) is 5.81. The molecule has 88 valence electrons. The summed E-state index contributed by atoms with van der Waals surface area (Å²) in [6.07, 6.45) is 2.45. The summed E-state index contributed by atoms with van der Waals surface area (Å²) in [5, 5.41) is 0. The molecular weight excluding hydrogens is 247 g/mol. The van der Waals surface area contributed by atoms with Crippen molar-refractivity contribution in [2.75, 3.05) is 19.8 Å². The number of ether oxygens (including phenoxy) is 2. The van der Waals surface area contributed by atoms with Crippen molar-refractivity contribution in [3.63, 3.8) is 0 Å². The quantitative estimate of drug-likeness (QED) is 0.695. The Morgan fingerprint density at radius 3 is 2.56 bits per heavy atom. The van der Waals surface area contributed by atoms with E-state index >= 15 is 0 Å². The van der Waals surface area contributed by atoms with Gasteiger partial charge in [-0.25, -0.2) is 0 Å². The van der Waals surface area contributed by atoms with E-state index in [0.29, 0.717) is 19.8 Å². The average Bonchev–Trinajstić information content (AvgIpc) is 2.29. The predicted molar refractivity (Wildman–Crippen MR) is 67.2 cm³/mol. The molecule has 0 unspecified atom stereocenters. The van der Waals surface area contributed by atoms with Crippen LogP contribution in [0.1, 0.15) is 6.42 Å². The van der Waals surface area contributed by atoms with E-state index in [1.165, 1.54) is 0 Å². The third-order valence-electron chi connectivity index (χ3n) is 1.80. The summed E-state index contributed by atoms with van der Waals surface area (Å²) in [5.74, 6) is 0.881. The van der Waals surface area contributed by atoms with Crippen molar-refractivity contribution in [3.05, 3.63) is 40.9 Å². The summed E-state index contributed by atoms with van der Waals surface area (Å²) in [5.41, 5.74) is 0. The van der Waals surface area contributed by atoms with Crippen LogP contribution in [0.2, 0.25) is 0 Å². The molecule has 0 fully saturated rings. The highest BCUT2D eigenvalue weighted by atomic mass is 35.5.